The molecule has 1 unspecified atom stereocenters. The number of fused-ring (bicyclic) bond motifs is 3. The average molecular weight is 409 g/mol. The van der Waals surface area contributed by atoms with Crippen molar-refractivity contribution in [2.75, 3.05) is 5.01 Å². The Hall–Kier alpha value is -3.16. The molecule has 0 N–H and O–H groups in total. The van der Waals surface area contributed by atoms with Gasteiger partial charge in [-0.1, -0.05) is 23.8 Å². The second-order valence-electron chi connectivity index (χ2n) is 7.07. The highest BCUT2D eigenvalue weighted by molar-refractivity contribution is 6.31. The molecule has 29 heavy (non-hydrogen) atoms. The van der Waals surface area contributed by atoms with Gasteiger partial charge in [0, 0.05) is 42.3 Å². The SMILES string of the molecule is Cn1cnc(C2C=c3c4c(cnc3=CC2)C=CN([O-])N4c2ccc(F)c(Cl)c2)c1. The topological polar surface area (TPSA) is 60.3 Å². The van der Waals surface area contributed by atoms with Crippen molar-refractivity contribution in [3.63, 3.8) is 0 Å². The number of hydrazine groups is 1. The van der Waals surface area contributed by atoms with E-state index in [-0.39, 0.29) is 10.9 Å². The highest BCUT2D eigenvalue weighted by Gasteiger charge is 2.23. The third kappa shape index (κ3) is 2.99. The highest BCUT2D eigenvalue weighted by atomic mass is 35.5. The molecule has 8 heteroatoms. The third-order valence-corrected chi connectivity index (χ3v) is 5.41. The van der Waals surface area contributed by atoms with Crippen LogP contribution in [0.15, 0.2) is 43.1 Å². The van der Waals surface area contributed by atoms with Crippen LogP contribution in [0.4, 0.5) is 15.8 Å². The molecule has 1 aliphatic heterocycles. The van der Waals surface area contributed by atoms with Crippen molar-refractivity contribution < 1.29 is 4.39 Å². The number of anilines is 2. The van der Waals surface area contributed by atoms with E-state index in [9.17, 15) is 9.60 Å². The monoisotopic (exact) mass is 408 g/mol. The molecule has 0 fully saturated rings. The Morgan fingerprint density at radius 3 is 2.90 bits per heavy atom. The molecule has 3 heterocycles. The molecule has 0 saturated heterocycles. The van der Waals surface area contributed by atoms with E-state index in [1.807, 2.05) is 17.8 Å². The van der Waals surface area contributed by atoms with Crippen molar-refractivity contribution in [2.24, 2.45) is 7.05 Å². The van der Waals surface area contributed by atoms with E-state index < -0.39 is 5.82 Å². The number of halogens is 2. The van der Waals surface area contributed by atoms with Gasteiger partial charge in [0.2, 0.25) is 0 Å². The van der Waals surface area contributed by atoms with Crippen LogP contribution in [0.3, 0.4) is 0 Å². The van der Waals surface area contributed by atoms with Gasteiger partial charge in [0.1, 0.15) is 5.82 Å². The summed E-state index contributed by atoms with van der Waals surface area (Å²) in [5, 5.41) is 16.5. The lowest BCUT2D eigenvalue weighted by Gasteiger charge is -2.43. The number of aryl methyl sites for hydroxylation is 1. The first kappa shape index (κ1) is 17.9. The summed E-state index contributed by atoms with van der Waals surface area (Å²) < 4.78 is 15.6. The van der Waals surface area contributed by atoms with E-state index in [0.717, 1.165) is 28.2 Å². The first-order chi connectivity index (χ1) is 14.0. The summed E-state index contributed by atoms with van der Waals surface area (Å²) in [6, 6.07) is 4.23. The molecule has 0 amide bonds. The molecule has 2 aliphatic rings. The van der Waals surface area contributed by atoms with Gasteiger partial charge >= 0.3 is 0 Å². The standard InChI is InChI=1S/C21H16ClFN5O/c1-26-11-20(25-12-26)13-2-5-19-16(8-13)21-14(10-24-19)6-7-27(29)28(21)15-3-4-18(23)17(22)9-15/h3-13H,2H2,1H3/q-1. The van der Waals surface area contributed by atoms with Gasteiger partial charge in [-0.2, -0.15) is 0 Å². The zero-order chi connectivity index (χ0) is 20.1. The fourth-order valence-corrected chi connectivity index (χ4v) is 3.91. The first-order valence-corrected chi connectivity index (χ1v) is 9.47. The van der Waals surface area contributed by atoms with Gasteiger partial charge in [-0.3, -0.25) is 9.99 Å². The second kappa shape index (κ2) is 6.72. The van der Waals surface area contributed by atoms with Crippen LogP contribution in [0.25, 0.3) is 18.2 Å². The van der Waals surface area contributed by atoms with Gasteiger partial charge in [0.15, 0.2) is 0 Å². The number of imidazole rings is 1. The first-order valence-electron chi connectivity index (χ1n) is 9.10. The Bertz CT molecular complexity index is 1270. The van der Waals surface area contributed by atoms with E-state index in [4.69, 9.17) is 11.6 Å². The number of hydrogen-bond acceptors (Lipinski definition) is 5. The molecule has 0 spiro atoms. The zero-order valence-electron chi connectivity index (χ0n) is 15.5. The van der Waals surface area contributed by atoms with Gasteiger partial charge in [-0.05, 0) is 30.7 Å². The van der Waals surface area contributed by atoms with E-state index in [1.165, 1.54) is 29.4 Å². The number of aromatic nitrogens is 3. The van der Waals surface area contributed by atoms with Crippen LogP contribution in [0.5, 0.6) is 0 Å². The molecule has 6 nitrogen and oxygen atoms in total. The molecule has 0 bridgehead atoms. The molecule has 0 saturated carbocycles. The van der Waals surface area contributed by atoms with Crippen molar-refractivity contribution in [1.29, 1.82) is 0 Å². The van der Waals surface area contributed by atoms with Gasteiger partial charge in [-0.25, -0.2) is 9.37 Å². The second-order valence-corrected chi connectivity index (χ2v) is 7.47. The fourth-order valence-electron chi connectivity index (χ4n) is 3.74. The zero-order valence-corrected chi connectivity index (χ0v) is 16.2. The van der Waals surface area contributed by atoms with E-state index in [2.05, 4.69) is 22.1 Å². The average Bonchev–Trinajstić information content (AvgIpc) is 3.16. The Morgan fingerprint density at radius 1 is 1.28 bits per heavy atom. The maximum atomic E-state index is 13.7. The third-order valence-electron chi connectivity index (χ3n) is 5.12. The number of nitrogens with zero attached hydrogens (tertiary/aromatic N) is 5. The van der Waals surface area contributed by atoms with Gasteiger partial charge < -0.3 is 14.9 Å². The van der Waals surface area contributed by atoms with Crippen LogP contribution >= 0.6 is 11.6 Å². The number of pyridine rings is 1. The molecular weight excluding hydrogens is 393 g/mol. The highest BCUT2D eigenvalue weighted by Crippen LogP contribution is 2.34. The molecule has 146 valence electrons. The van der Waals surface area contributed by atoms with Crippen LogP contribution in [-0.4, -0.2) is 19.7 Å². The molecule has 1 aliphatic carbocycles. The van der Waals surface area contributed by atoms with Crippen molar-refractivity contribution in [1.82, 2.24) is 19.7 Å². The lowest BCUT2D eigenvalue weighted by atomic mass is 9.94. The van der Waals surface area contributed by atoms with E-state index >= 15 is 0 Å². The summed E-state index contributed by atoms with van der Waals surface area (Å²) in [4.78, 5) is 9.02. The largest absolute Gasteiger partial charge is 0.739 e. The Labute approximate surface area is 171 Å². The number of rotatable bonds is 2. The van der Waals surface area contributed by atoms with Crippen molar-refractivity contribution in [2.45, 2.75) is 12.3 Å². The number of hydroxylamine groups is 1. The minimum absolute atomic E-state index is 0.0446. The normalized spacial score (nSPS) is 17.4. The van der Waals surface area contributed by atoms with Crippen molar-refractivity contribution >= 4 is 41.2 Å². The summed E-state index contributed by atoms with van der Waals surface area (Å²) in [7, 11) is 1.93. The summed E-state index contributed by atoms with van der Waals surface area (Å²) in [5.41, 5.74) is 2.90. The maximum Gasteiger partial charge on any atom is 0.141 e. The fraction of sp³-hybridized carbons (Fsp3) is 0.143. The van der Waals surface area contributed by atoms with Crippen LogP contribution in [-0.2, 0) is 7.05 Å². The number of hydrogen-bond donors (Lipinski definition) is 0. The lowest BCUT2D eigenvalue weighted by Crippen LogP contribution is -2.43. The van der Waals surface area contributed by atoms with Crippen LogP contribution in [0, 0.1) is 11.0 Å². The summed E-state index contributed by atoms with van der Waals surface area (Å²) in [6.45, 7) is 0. The summed E-state index contributed by atoms with van der Waals surface area (Å²) in [5.74, 6) is -0.464. The molecule has 3 aromatic rings. The van der Waals surface area contributed by atoms with Crippen molar-refractivity contribution in [3.8, 4) is 0 Å². The minimum atomic E-state index is -0.535. The Balaban J connectivity index is 1.73. The van der Waals surface area contributed by atoms with Gasteiger partial charge in [-0.15, -0.1) is 0 Å². The quantitative estimate of drug-likeness (QED) is 0.651. The Kier molecular flexibility index (Phi) is 4.15. The molecule has 0 radical (unpaired) electrons. The molecular formula is C21H16ClFN5O-. The van der Waals surface area contributed by atoms with Gasteiger partial charge in [0.25, 0.3) is 0 Å². The summed E-state index contributed by atoms with van der Waals surface area (Å²) in [6.07, 6.45) is 13.5. The Morgan fingerprint density at radius 2 is 2.14 bits per heavy atom. The smallest absolute Gasteiger partial charge is 0.141 e. The van der Waals surface area contributed by atoms with Gasteiger partial charge in [0.05, 0.1) is 33.8 Å². The molecule has 5 rings (SSSR count). The summed E-state index contributed by atoms with van der Waals surface area (Å²) >= 11 is 5.98. The molecule has 2 aromatic heterocycles. The predicted octanol–water partition coefficient (Wildman–Crippen LogP) is 3.19. The van der Waals surface area contributed by atoms with Crippen LogP contribution in [0.2, 0.25) is 5.02 Å². The molecule has 1 aromatic carbocycles. The lowest BCUT2D eigenvalue weighted by molar-refractivity contribution is 0.516. The predicted molar refractivity (Wildman–Crippen MR) is 111 cm³/mol. The minimum Gasteiger partial charge on any atom is -0.739 e. The molecule has 1 atom stereocenters. The van der Waals surface area contributed by atoms with Crippen molar-refractivity contribution in [3.05, 3.63) is 81.0 Å². The van der Waals surface area contributed by atoms with E-state index in [1.54, 1.807) is 18.6 Å². The number of benzene rings is 1. The van der Waals surface area contributed by atoms with Crippen LogP contribution in [0.1, 0.15) is 23.6 Å². The van der Waals surface area contributed by atoms with Crippen LogP contribution < -0.4 is 15.6 Å². The maximum absolute atomic E-state index is 13.7. The van der Waals surface area contributed by atoms with E-state index in [0.29, 0.717) is 16.5 Å².